The highest BCUT2D eigenvalue weighted by molar-refractivity contribution is 7.90. The number of aliphatic hydroxyl groups excluding tert-OH is 1. The van der Waals surface area contributed by atoms with E-state index >= 15 is 0 Å². The van der Waals surface area contributed by atoms with E-state index < -0.39 is 21.5 Å². The minimum Gasteiger partial charge on any atom is -0.390 e. The van der Waals surface area contributed by atoms with Crippen molar-refractivity contribution in [3.8, 4) is 0 Å². The smallest absolute Gasteiger partial charge is 0.320 e. The summed E-state index contributed by atoms with van der Waals surface area (Å²) in [6.07, 6.45) is 1.52. The number of sulfone groups is 1. The van der Waals surface area contributed by atoms with Crippen molar-refractivity contribution >= 4 is 15.9 Å². The van der Waals surface area contributed by atoms with Crippen molar-refractivity contribution in [3.05, 3.63) is 65.2 Å². The lowest BCUT2D eigenvalue weighted by Crippen LogP contribution is -2.49. The Morgan fingerprint density at radius 2 is 1.70 bits per heavy atom. The summed E-state index contributed by atoms with van der Waals surface area (Å²) in [5, 5.41) is 10.8. The standard InChI is InChI=1S/C25H33N3O4S/c1-25(2)18-27(14-19-8-10-23(11-9-19)33(3,31)32)24(30)28(25)17-22(29)16-26-13-12-20-6-4-5-7-21(20)15-26/h4-11,22,29H,12-18H2,1-3H3. The van der Waals surface area contributed by atoms with Gasteiger partial charge in [0.05, 0.1) is 23.1 Å². The number of nitrogens with zero attached hydrogens (tertiary/aromatic N) is 3. The second-order valence-corrected chi connectivity index (χ2v) is 11.9. The van der Waals surface area contributed by atoms with Gasteiger partial charge < -0.3 is 14.9 Å². The van der Waals surface area contributed by atoms with Crippen molar-refractivity contribution in [1.82, 2.24) is 14.7 Å². The Kier molecular flexibility index (Phi) is 6.53. The Morgan fingerprint density at radius 1 is 1.03 bits per heavy atom. The Hall–Kier alpha value is -2.42. The van der Waals surface area contributed by atoms with Gasteiger partial charge >= 0.3 is 6.03 Å². The van der Waals surface area contributed by atoms with Crippen LogP contribution in [0.4, 0.5) is 4.79 Å². The molecule has 0 aliphatic carbocycles. The van der Waals surface area contributed by atoms with Gasteiger partial charge in [0.2, 0.25) is 0 Å². The van der Waals surface area contributed by atoms with Crippen LogP contribution in [0.25, 0.3) is 0 Å². The molecule has 4 rings (SSSR count). The maximum absolute atomic E-state index is 13.2. The molecule has 2 aliphatic rings. The van der Waals surface area contributed by atoms with E-state index in [0.717, 1.165) is 25.1 Å². The summed E-state index contributed by atoms with van der Waals surface area (Å²) in [4.78, 5) is 19.2. The van der Waals surface area contributed by atoms with Gasteiger partial charge in [-0.25, -0.2) is 13.2 Å². The molecule has 0 saturated carbocycles. The summed E-state index contributed by atoms with van der Waals surface area (Å²) >= 11 is 0. The van der Waals surface area contributed by atoms with Gasteiger partial charge in [-0.2, -0.15) is 0 Å². The summed E-state index contributed by atoms with van der Waals surface area (Å²) in [5.74, 6) is 0. The zero-order valence-electron chi connectivity index (χ0n) is 19.6. The van der Waals surface area contributed by atoms with Crippen LogP contribution in [0.1, 0.15) is 30.5 Å². The molecule has 2 amide bonds. The molecule has 178 valence electrons. The molecule has 2 aromatic carbocycles. The Bertz CT molecular complexity index is 1110. The summed E-state index contributed by atoms with van der Waals surface area (Å²) in [7, 11) is -3.25. The first-order valence-corrected chi connectivity index (χ1v) is 13.2. The highest BCUT2D eigenvalue weighted by Gasteiger charge is 2.43. The number of hydrogen-bond donors (Lipinski definition) is 1. The highest BCUT2D eigenvalue weighted by atomic mass is 32.2. The fourth-order valence-corrected chi connectivity index (χ4v) is 5.47. The number of urea groups is 1. The third-order valence-corrected chi connectivity index (χ3v) is 7.74. The lowest BCUT2D eigenvalue weighted by atomic mass is 9.99. The summed E-state index contributed by atoms with van der Waals surface area (Å²) < 4.78 is 23.4. The van der Waals surface area contributed by atoms with Crippen molar-refractivity contribution in [1.29, 1.82) is 0 Å². The van der Waals surface area contributed by atoms with E-state index in [-0.39, 0.29) is 17.5 Å². The molecule has 1 fully saturated rings. The fraction of sp³-hybridized carbons (Fsp3) is 0.480. The molecule has 7 nitrogen and oxygen atoms in total. The van der Waals surface area contributed by atoms with Crippen LogP contribution in [-0.2, 0) is 29.3 Å². The van der Waals surface area contributed by atoms with E-state index in [4.69, 9.17) is 0 Å². The normalized spacial score (nSPS) is 19.6. The van der Waals surface area contributed by atoms with E-state index in [9.17, 15) is 18.3 Å². The van der Waals surface area contributed by atoms with Crippen LogP contribution in [0.5, 0.6) is 0 Å². The minimum absolute atomic E-state index is 0.102. The van der Waals surface area contributed by atoms with Crippen LogP contribution in [0.2, 0.25) is 0 Å². The van der Waals surface area contributed by atoms with Crippen LogP contribution in [0.15, 0.2) is 53.4 Å². The molecule has 1 atom stereocenters. The summed E-state index contributed by atoms with van der Waals surface area (Å²) in [5.41, 5.74) is 3.15. The lowest BCUT2D eigenvalue weighted by molar-refractivity contribution is 0.0617. The average molecular weight is 472 g/mol. The molecular formula is C25H33N3O4S. The number of benzene rings is 2. The van der Waals surface area contributed by atoms with Crippen molar-refractivity contribution in [3.63, 3.8) is 0 Å². The Balaban J connectivity index is 1.36. The predicted molar refractivity (Wildman–Crippen MR) is 128 cm³/mol. The number of hydrogen-bond acceptors (Lipinski definition) is 5. The first kappa shape index (κ1) is 23.7. The average Bonchev–Trinajstić information content (AvgIpc) is 2.96. The number of amides is 2. The molecule has 33 heavy (non-hydrogen) atoms. The van der Waals surface area contributed by atoms with Gasteiger partial charge in [-0.1, -0.05) is 36.4 Å². The van der Waals surface area contributed by atoms with Gasteiger partial charge in [-0.3, -0.25) is 4.90 Å². The van der Waals surface area contributed by atoms with Crippen molar-refractivity contribution in [2.45, 2.75) is 49.9 Å². The Labute approximate surface area is 196 Å². The predicted octanol–water partition coefficient (Wildman–Crippen LogP) is 2.53. The van der Waals surface area contributed by atoms with Crippen molar-refractivity contribution in [2.24, 2.45) is 0 Å². The monoisotopic (exact) mass is 471 g/mol. The van der Waals surface area contributed by atoms with E-state index in [0.29, 0.717) is 19.6 Å². The van der Waals surface area contributed by atoms with Gasteiger partial charge in [0, 0.05) is 39.0 Å². The van der Waals surface area contributed by atoms with Crippen LogP contribution in [0, 0.1) is 0 Å². The maximum atomic E-state index is 13.2. The molecule has 0 radical (unpaired) electrons. The van der Waals surface area contributed by atoms with Gasteiger partial charge in [-0.05, 0) is 49.1 Å². The number of carbonyl (C=O) groups is 1. The third kappa shape index (κ3) is 5.39. The van der Waals surface area contributed by atoms with Crippen LogP contribution >= 0.6 is 0 Å². The van der Waals surface area contributed by atoms with Crippen LogP contribution < -0.4 is 0 Å². The third-order valence-electron chi connectivity index (χ3n) is 6.61. The number of β-amino-alcohol motifs (C(OH)–C–C–N with tert-alkyl or cyclic N) is 1. The Morgan fingerprint density at radius 3 is 2.36 bits per heavy atom. The molecule has 1 unspecified atom stereocenters. The molecule has 2 aromatic rings. The number of fused-ring (bicyclic) bond motifs is 1. The van der Waals surface area contributed by atoms with Crippen molar-refractivity contribution in [2.75, 3.05) is 32.4 Å². The molecule has 0 spiro atoms. The quantitative estimate of drug-likeness (QED) is 0.671. The van der Waals surface area contributed by atoms with E-state index in [1.165, 1.54) is 17.4 Å². The molecule has 1 saturated heterocycles. The van der Waals surface area contributed by atoms with Gasteiger partial charge in [0.25, 0.3) is 0 Å². The molecule has 2 heterocycles. The molecular weight excluding hydrogens is 438 g/mol. The topological polar surface area (TPSA) is 81.2 Å². The number of rotatable bonds is 7. The van der Waals surface area contributed by atoms with Crippen LogP contribution in [0.3, 0.4) is 0 Å². The molecule has 0 aromatic heterocycles. The lowest BCUT2D eigenvalue weighted by Gasteiger charge is -2.34. The second kappa shape index (κ2) is 9.08. The molecule has 1 N–H and O–H groups in total. The largest absolute Gasteiger partial charge is 0.390 e. The second-order valence-electron chi connectivity index (χ2n) is 9.89. The highest BCUT2D eigenvalue weighted by Crippen LogP contribution is 2.28. The van der Waals surface area contributed by atoms with E-state index in [1.54, 1.807) is 34.1 Å². The van der Waals surface area contributed by atoms with E-state index in [1.807, 2.05) is 19.9 Å². The molecule has 8 heteroatoms. The first-order valence-electron chi connectivity index (χ1n) is 11.4. The maximum Gasteiger partial charge on any atom is 0.320 e. The zero-order valence-corrected chi connectivity index (χ0v) is 20.4. The molecule has 0 bridgehead atoms. The van der Waals surface area contributed by atoms with E-state index in [2.05, 4.69) is 23.1 Å². The zero-order chi connectivity index (χ0) is 23.8. The van der Waals surface area contributed by atoms with Gasteiger partial charge in [-0.15, -0.1) is 0 Å². The first-order chi connectivity index (χ1) is 15.5. The van der Waals surface area contributed by atoms with Gasteiger partial charge in [0.1, 0.15) is 0 Å². The van der Waals surface area contributed by atoms with Crippen molar-refractivity contribution < 1.29 is 18.3 Å². The number of carbonyl (C=O) groups excluding carboxylic acids is 1. The molecule has 2 aliphatic heterocycles. The summed E-state index contributed by atoms with van der Waals surface area (Å²) in [6.45, 7) is 7.52. The minimum atomic E-state index is -3.25. The fourth-order valence-electron chi connectivity index (χ4n) is 4.84. The SMILES string of the molecule is CC1(C)CN(Cc2ccc(S(C)(=O)=O)cc2)C(=O)N1CC(O)CN1CCc2ccccc2C1. The van der Waals surface area contributed by atoms with Crippen LogP contribution in [-0.4, -0.2) is 78.3 Å². The van der Waals surface area contributed by atoms with Gasteiger partial charge in [0.15, 0.2) is 9.84 Å². The number of aliphatic hydroxyl groups is 1. The summed E-state index contributed by atoms with van der Waals surface area (Å²) in [6, 6.07) is 15.0.